The molecule has 7 heteroatoms. The van der Waals surface area contributed by atoms with Crippen LogP contribution in [-0.4, -0.2) is 20.5 Å². The molecule has 0 saturated carbocycles. The number of hydrogen-bond acceptors (Lipinski definition) is 3. The number of aromatic nitrogens is 2. The smallest absolute Gasteiger partial charge is 0.308 e. The van der Waals surface area contributed by atoms with Crippen molar-refractivity contribution in [2.75, 3.05) is 5.32 Å². The quantitative estimate of drug-likeness (QED) is 0.258. The molecule has 5 aromatic rings. The molecule has 0 bridgehead atoms. The van der Waals surface area contributed by atoms with E-state index in [0.29, 0.717) is 36.4 Å². The standard InChI is InChI=1S/C33H29FN4O2/c1-22(23-11-4-2-5-12-23)38(33(40)36-28-16-9-8-15-26(28)24-13-6-3-7-14-24)30-17-10-20-37-31(30)35-29-19-18-25(34)21-27(29)32(37)39/h2-9,11-16,18-19,21-22,30H,10,17,20H2,1H3,(H,36,40). The first kappa shape index (κ1) is 25.5. The molecule has 1 aliphatic heterocycles. The van der Waals surface area contributed by atoms with Gasteiger partial charge in [-0.25, -0.2) is 14.2 Å². The third-order valence-corrected chi connectivity index (χ3v) is 7.63. The number of benzene rings is 4. The maximum absolute atomic E-state index is 14.3. The monoisotopic (exact) mass is 532 g/mol. The minimum atomic E-state index is -0.477. The van der Waals surface area contributed by atoms with E-state index in [1.54, 1.807) is 9.47 Å². The summed E-state index contributed by atoms with van der Waals surface area (Å²) in [5.74, 6) is 0.0414. The van der Waals surface area contributed by atoms with E-state index in [4.69, 9.17) is 4.98 Å². The first-order valence-electron chi connectivity index (χ1n) is 13.5. The van der Waals surface area contributed by atoms with E-state index in [1.165, 1.54) is 18.2 Å². The number of carbonyl (C=O) groups is 1. The minimum absolute atomic E-state index is 0.244. The number of carbonyl (C=O) groups excluding carboxylic acids is 1. The molecule has 4 aromatic carbocycles. The van der Waals surface area contributed by atoms with Crippen LogP contribution in [0.4, 0.5) is 14.9 Å². The van der Waals surface area contributed by atoms with Gasteiger partial charge < -0.3 is 10.2 Å². The molecule has 0 aliphatic carbocycles. The molecule has 1 aliphatic rings. The predicted molar refractivity (Wildman–Crippen MR) is 156 cm³/mol. The van der Waals surface area contributed by atoms with Crippen molar-refractivity contribution in [3.8, 4) is 11.1 Å². The summed E-state index contributed by atoms with van der Waals surface area (Å²) < 4.78 is 15.6. The van der Waals surface area contributed by atoms with Gasteiger partial charge in [-0.2, -0.15) is 0 Å². The maximum Gasteiger partial charge on any atom is 0.322 e. The Morgan fingerprint density at radius 1 is 0.975 bits per heavy atom. The number of hydrogen-bond donors (Lipinski definition) is 1. The Hall–Kier alpha value is -4.78. The summed E-state index contributed by atoms with van der Waals surface area (Å²) in [6.07, 6.45) is 1.33. The van der Waals surface area contributed by atoms with Gasteiger partial charge in [0.1, 0.15) is 11.6 Å². The lowest BCUT2D eigenvalue weighted by Gasteiger charge is -2.39. The molecule has 0 spiro atoms. The molecule has 2 amide bonds. The van der Waals surface area contributed by atoms with Crippen molar-refractivity contribution in [2.45, 2.75) is 38.4 Å². The second-order valence-electron chi connectivity index (χ2n) is 10.1. The van der Waals surface area contributed by atoms with Gasteiger partial charge in [-0.15, -0.1) is 0 Å². The number of nitrogens with zero attached hydrogens (tertiary/aromatic N) is 3. The first-order valence-corrected chi connectivity index (χ1v) is 13.5. The SMILES string of the molecule is CC(c1ccccc1)N(C(=O)Nc1ccccc1-c1ccccc1)C1CCCn2c1nc1ccc(F)cc1c2=O. The van der Waals surface area contributed by atoms with Crippen LogP contribution in [0.25, 0.3) is 22.0 Å². The fraction of sp³-hybridized carbons (Fsp3) is 0.182. The number of halogens is 1. The van der Waals surface area contributed by atoms with Crippen molar-refractivity contribution in [1.82, 2.24) is 14.5 Å². The number of rotatable bonds is 5. The third kappa shape index (κ3) is 4.75. The van der Waals surface area contributed by atoms with Gasteiger partial charge >= 0.3 is 6.03 Å². The molecule has 0 fully saturated rings. The third-order valence-electron chi connectivity index (χ3n) is 7.63. The van der Waals surface area contributed by atoms with Gasteiger partial charge in [-0.3, -0.25) is 9.36 Å². The second kappa shape index (κ2) is 10.8. The number of anilines is 1. The first-order chi connectivity index (χ1) is 19.5. The molecule has 2 unspecified atom stereocenters. The van der Waals surface area contributed by atoms with E-state index in [-0.39, 0.29) is 23.0 Å². The van der Waals surface area contributed by atoms with Crippen LogP contribution in [0.1, 0.15) is 43.2 Å². The van der Waals surface area contributed by atoms with Crippen molar-refractivity contribution in [3.63, 3.8) is 0 Å². The molecule has 200 valence electrons. The fourth-order valence-electron chi connectivity index (χ4n) is 5.64. The summed E-state index contributed by atoms with van der Waals surface area (Å²) in [5.41, 5.74) is 3.71. The molecule has 0 radical (unpaired) electrons. The van der Waals surface area contributed by atoms with E-state index in [9.17, 15) is 14.0 Å². The Bertz CT molecular complexity index is 1740. The Labute approximate surface area is 231 Å². The van der Waals surface area contributed by atoms with Gasteiger partial charge in [-0.1, -0.05) is 78.9 Å². The van der Waals surface area contributed by atoms with Crippen LogP contribution in [-0.2, 0) is 6.54 Å². The summed E-state index contributed by atoms with van der Waals surface area (Å²) in [6, 6.07) is 30.5. The summed E-state index contributed by atoms with van der Waals surface area (Å²) in [5, 5.41) is 3.41. The Morgan fingerprint density at radius 2 is 1.68 bits per heavy atom. The topological polar surface area (TPSA) is 67.2 Å². The molecular formula is C33H29FN4O2. The van der Waals surface area contributed by atoms with E-state index < -0.39 is 11.9 Å². The van der Waals surface area contributed by atoms with Crippen molar-refractivity contribution in [3.05, 3.63) is 131 Å². The van der Waals surface area contributed by atoms with Gasteiger partial charge in [0.25, 0.3) is 5.56 Å². The van der Waals surface area contributed by atoms with Crippen LogP contribution < -0.4 is 10.9 Å². The summed E-state index contributed by atoms with van der Waals surface area (Å²) in [7, 11) is 0. The molecule has 0 saturated heterocycles. The molecule has 2 heterocycles. The minimum Gasteiger partial charge on any atom is -0.308 e. The number of fused-ring (bicyclic) bond motifs is 2. The predicted octanol–water partition coefficient (Wildman–Crippen LogP) is 7.33. The number of nitrogens with one attached hydrogen (secondary N) is 1. The van der Waals surface area contributed by atoms with Gasteiger partial charge in [0.05, 0.1) is 28.7 Å². The Balaban J connectivity index is 1.45. The van der Waals surface area contributed by atoms with Gasteiger partial charge in [0.2, 0.25) is 0 Å². The van der Waals surface area contributed by atoms with Crippen molar-refractivity contribution in [1.29, 1.82) is 0 Å². The molecule has 6 rings (SSSR count). The maximum atomic E-state index is 14.3. The van der Waals surface area contributed by atoms with E-state index in [0.717, 1.165) is 16.7 Å². The Kier molecular flexibility index (Phi) is 6.86. The van der Waals surface area contributed by atoms with E-state index in [1.807, 2.05) is 91.9 Å². The van der Waals surface area contributed by atoms with E-state index >= 15 is 0 Å². The zero-order chi connectivity index (χ0) is 27.6. The highest BCUT2D eigenvalue weighted by Gasteiger charge is 2.36. The lowest BCUT2D eigenvalue weighted by molar-refractivity contribution is 0.140. The molecule has 1 aromatic heterocycles. The van der Waals surface area contributed by atoms with Gasteiger partial charge in [0, 0.05) is 12.1 Å². The van der Waals surface area contributed by atoms with Crippen molar-refractivity contribution in [2.24, 2.45) is 0 Å². The normalized spacial score (nSPS) is 15.3. The highest BCUT2D eigenvalue weighted by Crippen LogP contribution is 2.37. The average Bonchev–Trinajstić information content (AvgIpc) is 2.99. The molecular weight excluding hydrogens is 503 g/mol. The Morgan fingerprint density at radius 3 is 2.45 bits per heavy atom. The largest absolute Gasteiger partial charge is 0.322 e. The van der Waals surface area contributed by atoms with Crippen LogP contribution in [0.15, 0.2) is 108 Å². The van der Waals surface area contributed by atoms with Crippen molar-refractivity contribution >= 4 is 22.6 Å². The van der Waals surface area contributed by atoms with Crippen LogP contribution in [0, 0.1) is 5.82 Å². The fourth-order valence-corrected chi connectivity index (χ4v) is 5.64. The summed E-state index contributed by atoms with van der Waals surface area (Å²) in [6.45, 7) is 2.46. The number of para-hydroxylation sites is 1. The molecule has 40 heavy (non-hydrogen) atoms. The van der Waals surface area contributed by atoms with Crippen molar-refractivity contribution < 1.29 is 9.18 Å². The van der Waals surface area contributed by atoms with Crippen LogP contribution in [0.5, 0.6) is 0 Å². The molecule has 2 atom stereocenters. The zero-order valence-corrected chi connectivity index (χ0v) is 22.1. The van der Waals surface area contributed by atoms with Crippen LogP contribution in [0.3, 0.4) is 0 Å². The second-order valence-corrected chi connectivity index (χ2v) is 10.1. The summed E-state index contributed by atoms with van der Waals surface area (Å²) >= 11 is 0. The van der Waals surface area contributed by atoms with Gasteiger partial charge in [0.15, 0.2) is 0 Å². The number of amides is 2. The highest BCUT2D eigenvalue weighted by molar-refractivity contribution is 5.95. The molecule has 1 N–H and O–H groups in total. The van der Waals surface area contributed by atoms with Crippen LogP contribution in [0.2, 0.25) is 0 Å². The van der Waals surface area contributed by atoms with Gasteiger partial charge in [-0.05, 0) is 55.2 Å². The average molecular weight is 533 g/mol. The highest BCUT2D eigenvalue weighted by atomic mass is 19.1. The summed E-state index contributed by atoms with van der Waals surface area (Å²) in [4.78, 5) is 34.3. The van der Waals surface area contributed by atoms with Crippen LogP contribution >= 0.6 is 0 Å². The zero-order valence-electron chi connectivity index (χ0n) is 22.1. The molecule has 6 nitrogen and oxygen atoms in total. The lowest BCUT2D eigenvalue weighted by atomic mass is 9.99. The number of urea groups is 1. The lowest BCUT2D eigenvalue weighted by Crippen LogP contribution is -2.44. The van der Waals surface area contributed by atoms with E-state index in [2.05, 4.69) is 5.32 Å².